The van der Waals surface area contributed by atoms with Crippen LogP contribution in [0.2, 0.25) is 10.0 Å². The predicted octanol–water partition coefficient (Wildman–Crippen LogP) is 10.1. The van der Waals surface area contributed by atoms with E-state index < -0.39 is 35.3 Å². The van der Waals surface area contributed by atoms with E-state index in [0.717, 1.165) is 28.3 Å². The number of rotatable bonds is 0. The zero-order chi connectivity index (χ0) is 41.6. The third kappa shape index (κ3) is 7.71. The van der Waals surface area contributed by atoms with Gasteiger partial charge in [-0.25, -0.2) is 23.2 Å². The van der Waals surface area contributed by atoms with E-state index in [0.29, 0.717) is 49.5 Å². The Kier molecular flexibility index (Phi) is 10.7. The predicted molar refractivity (Wildman–Crippen MR) is 209 cm³/mol. The lowest BCUT2D eigenvalue weighted by molar-refractivity contribution is 0.0469. The highest BCUT2D eigenvalue weighted by Gasteiger charge is 2.26. The monoisotopic (exact) mass is 826 g/mol. The van der Waals surface area contributed by atoms with Crippen LogP contribution in [0.25, 0.3) is 33.4 Å². The van der Waals surface area contributed by atoms with Gasteiger partial charge in [0, 0.05) is 21.7 Å². The van der Waals surface area contributed by atoms with E-state index in [1.807, 2.05) is 6.92 Å². The normalized spacial score (nSPS) is 13.2. The number of hydrogen-bond donors (Lipinski definition) is 4. The summed E-state index contributed by atoms with van der Waals surface area (Å²) in [6, 6.07) is 20.9. The molecule has 9 rings (SSSR count). The molecule has 10 nitrogen and oxygen atoms in total. The van der Waals surface area contributed by atoms with Crippen LogP contribution in [0, 0.1) is 25.5 Å². The summed E-state index contributed by atoms with van der Waals surface area (Å²) in [5.74, 6) is -3.22. The second kappa shape index (κ2) is 15.7. The van der Waals surface area contributed by atoms with Crippen LogP contribution in [0.3, 0.4) is 0 Å². The number of carbonyl (C=O) groups excluding carboxylic acids is 3. The molecule has 0 aromatic heterocycles. The van der Waals surface area contributed by atoms with Gasteiger partial charge in [-0.3, -0.25) is 0 Å². The zero-order valence-electron chi connectivity index (χ0n) is 30.5. The van der Waals surface area contributed by atoms with Crippen LogP contribution in [0.4, 0.5) is 8.78 Å². The average molecular weight is 828 g/mol. The van der Waals surface area contributed by atoms with E-state index in [2.05, 4.69) is 0 Å². The van der Waals surface area contributed by atoms with Gasteiger partial charge in [0.1, 0.15) is 42.9 Å². The molecule has 0 spiro atoms. The van der Waals surface area contributed by atoms with E-state index in [1.54, 1.807) is 42.5 Å². The second-order valence-electron chi connectivity index (χ2n) is 13.5. The lowest BCUT2D eigenvalue weighted by Crippen LogP contribution is -2.04. The molecule has 0 unspecified atom stereocenters. The molecule has 0 fully saturated rings. The van der Waals surface area contributed by atoms with Crippen molar-refractivity contribution in [3.8, 4) is 56.4 Å². The van der Waals surface area contributed by atoms with Crippen molar-refractivity contribution >= 4 is 41.1 Å². The average Bonchev–Trinajstić information content (AvgIpc) is 3.46. The van der Waals surface area contributed by atoms with Crippen LogP contribution in [-0.4, -0.2) is 38.3 Å². The molecule has 294 valence electrons. The quantitative estimate of drug-likeness (QED) is 0.0857. The van der Waals surface area contributed by atoms with Gasteiger partial charge in [-0.15, -0.1) is 0 Å². The number of phenolic OH excluding ortho intramolecular Hbond substituents is 4. The molecule has 14 heteroatoms. The van der Waals surface area contributed by atoms with Gasteiger partial charge in [-0.05, 0) is 137 Å². The molecule has 0 atom stereocenters. The second-order valence-corrected chi connectivity index (χ2v) is 14.3. The maximum atomic E-state index is 13.7. The third-order valence-corrected chi connectivity index (χ3v) is 10.4. The minimum atomic E-state index is -0.829. The van der Waals surface area contributed by atoms with Gasteiger partial charge >= 0.3 is 17.9 Å². The molecule has 3 heterocycles. The number of ether oxygens (including phenoxy) is 3. The van der Waals surface area contributed by atoms with Crippen molar-refractivity contribution in [2.45, 2.75) is 33.7 Å². The molecule has 0 aliphatic carbocycles. The Balaban J connectivity index is 0.000000133. The molecule has 0 amide bonds. The Labute approximate surface area is 339 Å². The summed E-state index contributed by atoms with van der Waals surface area (Å²) in [4.78, 5) is 35.8. The van der Waals surface area contributed by atoms with Crippen molar-refractivity contribution in [1.82, 2.24) is 0 Å². The Hall–Kier alpha value is -6.63. The van der Waals surface area contributed by atoms with Crippen LogP contribution in [0.5, 0.6) is 23.0 Å². The Morgan fingerprint density at radius 1 is 0.448 bits per heavy atom. The van der Waals surface area contributed by atoms with E-state index >= 15 is 0 Å². The molecule has 3 aliphatic rings. The van der Waals surface area contributed by atoms with Crippen LogP contribution in [0.15, 0.2) is 84.9 Å². The first-order valence-corrected chi connectivity index (χ1v) is 18.2. The SMILES string of the molecule is Cc1cc2c(cc1Cl)-c1cc(Cl)c(O)cc1COC2=O.Cc1cc2c(cc1F)-c1cc(F)c(O)cc1COC2=O.O=C1OCc2cc(O)ccc2-c2ccc(O)cc21. The summed E-state index contributed by atoms with van der Waals surface area (Å²) >= 11 is 12.1. The molecule has 4 N–H and O–H groups in total. The molecule has 6 aromatic carbocycles. The van der Waals surface area contributed by atoms with Gasteiger partial charge in [0.25, 0.3) is 0 Å². The number of carbonyl (C=O) groups is 3. The van der Waals surface area contributed by atoms with E-state index in [4.69, 9.17) is 37.4 Å². The molecular weight excluding hydrogens is 797 g/mol. The number of hydrogen-bond acceptors (Lipinski definition) is 10. The van der Waals surface area contributed by atoms with Gasteiger partial charge in [0.15, 0.2) is 11.6 Å². The topological polar surface area (TPSA) is 160 Å². The highest BCUT2D eigenvalue weighted by atomic mass is 35.5. The van der Waals surface area contributed by atoms with Gasteiger partial charge in [0.2, 0.25) is 0 Å². The van der Waals surface area contributed by atoms with Crippen LogP contribution in [-0.2, 0) is 34.0 Å². The molecular formula is C44H30Cl2F2O10. The number of aromatic hydroxyl groups is 4. The fraction of sp³-hybridized carbons (Fsp3) is 0.114. The molecule has 0 saturated heterocycles. The zero-order valence-corrected chi connectivity index (χ0v) is 32.0. The number of halogens is 4. The first-order chi connectivity index (χ1) is 27.6. The first-order valence-electron chi connectivity index (χ1n) is 17.4. The summed E-state index contributed by atoms with van der Waals surface area (Å²) in [6.45, 7) is 3.46. The molecule has 58 heavy (non-hydrogen) atoms. The Morgan fingerprint density at radius 2 is 0.897 bits per heavy atom. The third-order valence-electron chi connectivity index (χ3n) is 9.64. The molecule has 3 aliphatic heterocycles. The Morgan fingerprint density at radius 3 is 1.52 bits per heavy atom. The fourth-order valence-corrected chi connectivity index (χ4v) is 6.99. The smallest absolute Gasteiger partial charge is 0.339 e. The van der Waals surface area contributed by atoms with E-state index in [1.165, 1.54) is 43.3 Å². The highest BCUT2D eigenvalue weighted by molar-refractivity contribution is 6.33. The fourth-order valence-electron chi connectivity index (χ4n) is 6.66. The van der Waals surface area contributed by atoms with Crippen molar-refractivity contribution in [2.75, 3.05) is 0 Å². The molecule has 0 saturated carbocycles. The lowest BCUT2D eigenvalue weighted by Gasteiger charge is -2.10. The van der Waals surface area contributed by atoms with E-state index in [9.17, 15) is 43.6 Å². The van der Waals surface area contributed by atoms with Crippen molar-refractivity contribution in [2.24, 2.45) is 0 Å². The standard InChI is InChI=1S/C15H10Cl2O3.C15H10F2O3.C14H10O4/c2*1-7-2-11-10(5-12(7)16)9-4-13(17)14(18)3-8(9)6-20-15(11)19;15-9-1-3-11-8(5-9)7-18-14(17)13-6-10(16)2-4-12(11)13/h2*2-5,18H,6H2,1H3;1-6,15-16H,7H2. The summed E-state index contributed by atoms with van der Waals surface area (Å²) in [7, 11) is 0. The van der Waals surface area contributed by atoms with E-state index in [-0.39, 0.29) is 53.2 Å². The summed E-state index contributed by atoms with van der Waals surface area (Å²) in [6.07, 6.45) is 0. The Bertz CT molecular complexity index is 2590. The van der Waals surface area contributed by atoms with Gasteiger partial charge in [0.05, 0.1) is 21.7 Å². The van der Waals surface area contributed by atoms with Crippen molar-refractivity contribution in [3.05, 3.63) is 151 Å². The summed E-state index contributed by atoms with van der Waals surface area (Å²) in [5, 5.41) is 38.8. The minimum absolute atomic E-state index is 0.0212. The maximum absolute atomic E-state index is 13.7. The number of esters is 3. The van der Waals surface area contributed by atoms with Gasteiger partial charge < -0.3 is 34.6 Å². The van der Waals surface area contributed by atoms with Gasteiger partial charge in [-0.2, -0.15) is 0 Å². The number of benzene rings is 6. The highest BCUT2D eigenvalue weighted by Crippen LogP contribution is 2.40. The number of fused-ring (bicyclic) bond motifs is 9. The lowest BCUT2D eigenvalue weighted by atomic mass is 9.94. The molecule has 6 aromatic rings. The van der Waals surface area contributed by atoms with Crippen molar-refractivity contribution < 1.29 is 57.8 Å². The minimum Gasteiger partial charge on any atom is -0.508 e. The number of phenols is 4. The number of aryl methyl sites for hydroxylation is 2. The van der Waals surface area contributed by atoms with Crippen LogP contribution >= 0.6 is 23.2 Å². The largest absolute Gasteiger partial charge is 0.508 e. The summed E-state index contributed by atoms with van der Waals surface area (Å²) < 4.78 is 42.7. The maximum Gasteiger partial charge on any atom is 0.339 e. The van der Waals surface area contributed by atoms with Gasteiger partial charge in [-0.1, -0.05) is 29.3 Å². The van der Waals surface area contributed by atoms with Crippen LogP contribution < -0.4 is 0 Å². The summed E-state index contributed by atoms with van der Waals surface area (Å²) in [5.41, 5.74) is 7.50. The number of cyclic esters (lactones) is 3. The first kappa shape index (κ1) is 39.6. The van der Waals surface area contributed by atoms with Crippen molar-refractivity contribution in [1.29, 1.82) is 0 Å². The molecule has 0 bridgehead atoms. The molecule has 0 radical (unpaired) electrons. The van der Waals surface area contributed by atoms with Crippen molar-refractivity contribution in [3.63, 3.8) is 0 Å². The van der Waals surface area contributed by atoms with Crippen LogP contribution in [0.1, 0.15) is 58.9 Å².